The van der Waals surface area contributed by atoms with Gasteiger partial charge in [-0.05, 0) is 0 Å². The van der Waals surface area contributed by atoms with Gasteiger partial charge in [0.15, 0.2) is 0 Å². The molecule has 0 aromatic carbocycles. The minimum Gasteiger partial charge on any atom is -0.346 e. The van der Waals surface area contributed by atoms with Crippen molar-refractivity contribution in [1.29, 1.82) is 0 Å². The number of rotatable bonds is 0. The minimum atomic E-state index is 0. The van der Waals surface area contributed by atoms with Gasteiger partial charge in [0, 0.05) is 0 Å². The Morgan fingerprint density at radius 2 is 0.700 bits per heavy atom. The Bertz CT molecular complexity index is 9.22. The molecule has 0 atom stereocenters. The van der Waals surface area contributed by atoms with Crippen molar-refractivity contribution in [2.45, 2.75) is 34.6 Å². The zero-order valence-corrected chi connectivity index (χ0v) is 18.7. The van der Waals surface area contributed by atoms with Crippen molar-refractivity contribution >= 4 is 0 Å². The summed E-state index contributed by atoms with van der Waals surface area (Å²) in [4.78, 5) is 0. The van der Waals surface area contributed by atoms with Gasteiger partial charge in [0.25, 0.3) is 0 Å². The molecule has 0 nitrogen and oxygen atoms in total. The topological polar surface area (TPSA) is 0 Å². The molecule has 0 N–H and O–H groups in total. The molecule has 0 aliphatic carbocycles. The van der Waals surface area contributed by atoms with E-state index in [1.807, 2.05) is 40.5 Å². The van der Waals surface area contributed by atoms with Crippen molar-refractivity contribution in [2.75, 3.05) is 0 Å². The molecule has 0 fully saturated rings. The van der Waals surface area contributed by atoms with E-state index in [0.29, 0.717) is 0 Å². The first-order valence-electron chi connectivity index (χ1n) is 3.02. The van der Waals surface area contributed by atoms with Gasteiger partial charge in [0.1, 0.15) is 0 Å². The normalized spacial score (nSPS) is 4.20. The molecular formula is C8H19Rb2-. The van der Waals surface area contributed by atoms with Crippen LogP contribution in [0.1, 0.15) is 34.6 Å². The van der Waals surface area contributed by atoms with E-state index in [4.69, 9.17) is 0 Å². The zero-order chi connectivity index (χ0) is 7.41. The fraction of sp³-hybridized carbons (Fsp3) is 0.625. The summed E-state index contributed by atoms with van der Waals surface area (Å²) in [6, 6.07) is 0. The van der Waals surface area contributed by atoms with Crippen LogP contribution in [0.15, 0.2) is 0 Å². The Morgan fingerprint density at radius 1 is 0.700 bits per heavy atom. The summed E-state index contributed by atoms with van der Waals surface area (Å²) in [5.41, 5.74) is 0. The van der Waals surface area contributed by atoms with E-state index in [2.05, 4.69) is 6.92 Å². The second-order valence-corrected chi connectivity index (χ2v) is 1.15. The van der Waals surface area contributed by atoms with Crippen LogP contribution < -0.4 is 116 Å². The predicted octanol–water partition coefficient (Wildman–Crippen LogP) is -2.69. The Kier molecular flexibility index (Phi) is 158. The summed E-state index contributed by atoms with van der Waals surface area (Å²) < 4.78 is 0. The molecule has 0 bridgehead atoms. The summed E-state index contributed by atoms with van der Waals surface area (Å²) in [6.07, 6.45) is 4.00. The van der Waals surface area contributed by atoms with Crippen molar-refractivity contribution in [3.63, 3.8) is 0 Å². The smallest absolute Gasteiger partial charge is 0.346 e. The molecule has 0 heterocycles. The second-order valence-electron chi connectivity index (χ2n) is 1.15. The predicted molar refractivity (Wildman–Crippen MR) is 42.3 cm³/mol. The second kappa shape index (κ2) is 54.0. The number of hydrogen-bond donors (Lipinski definition) is 0. The van der Waals surface area contributed by atoms with Gasteiger partial charge < -0.3 is 19.8 Å². The first kappa shape index (κ1) is 29.2. The molecule has 2 heteroatoms. The molecule has 0 saturated carbocycles. The molecule has 0 aromatic heterocycles. The summed E-state index contributed by atoms with van der Waals surface area (Å²) in [5.74, 6) is 0. The Hall–Kier alpha value is 3.61. The van der Waals surface area contributed by atoms with E-state index >= 15 is 0 Å². The van der Waals surface area contributed by atoms with Gasteiger partial charge in [-0.1, -0.05) is 0 Å². The van der Waals surface area contributed by atoms with Crippen molar-refractivity contribution in [3.05, 3.63) is 19.8 Å². The fourth-order valence-electron chi connectivity index (χ4n) is 0. The van der Waals surface area contributed by atoms with Crippen molar-refractivity contribution in [2.24, 2.45) is 0 Å². The maximum Gasteiger partial charge on any atom is 1.00 e. The molecule has 0 amide bonds. The largest absolute Gasteiger partial charge is 1.00 e. The third-order valence-electron chi connectivity index (χ3n) is 0. The SMILES string of the molecule is C[CH-]C.C[CH-]C.[CH2-]C.[Rb+].[Rb+]. The van der Waals surface area contributed by atoms with Gasteiger partial charge in [0.2, 0.25) is 0 Å². The molecule has 0 saturated heterocycles. The first-order valence-corrected chi connectivity index (χ1v) is 3.02. The number of hydrogen-bond acceptors (Lipinski definition) is 0. The third kappa shape index (κ3) is 100. The fourth-order valence-corrected chi connectivity index (χ4v) is 0. The molecule has 0 aliphatic heterocycles. The minimum absolute atomic E-state index is 0. The Labute approximate surface area is 166 Å². The van der Waals surface area contributed by atoms with Crippen LogP contribution >= 0.6 is 0 Å². The Morgan fingerprint density at radius 3 is 0.700 bits per heavy atom. The Balaban J connectivity index is -0.0000000116. The zero-order valence-electron chi connectivity index (χ0n) is 8.86. The van der Waals surface area contributed by atoms with E-state index in [0.717, 1.165) is 0 Å². The van der Waals surface area contributed by atoms with Crippen molar-refractivity contribution in [3.8, 4) is 0 Å². The molecule has 0 aliphatic rings. The van der Waals surface area contributed by atoms with Gasteiger partial charge in [-0.3, -0.25) is 0 Å². The van der Waals surface area contributed by atoms with E-state index in [-0.39, 0.29) is 116 Å². The van der Waals surface area contributed by atoms with Crippen LogP contribution in [0, 0.1) is 19.8 Å². The summed E-state index contributed by atoms with van der Waals surface area (Å²) in [6.45, 7) is 13.0. The van der Waals surface area contributed by atoms with Crippen LogP contribution in [0.4, 0.5) is 0 Å². The van der Waals surface area contributed by atoms with Crippen LogP contribution in [-0.2, 0) is 0 Å². The maximum atomic E-state index is 3.25. The van der Waals surface area contributed by atoms with Crippen LogP contribution in [0.5, 0.6) is 0 Å². The summed E-state index contributed by atoms with van der Waals surface area (Å²) in [5, 5.41) is 0. The van der Waals surface area contributed by atoms with Crippen LogP contribution in [0.25, 0.3) is 0 Å². The quantitative estimate of drug-likeness (QED) is 0.426. The van der Waals surface area contributed by atoms with E-state index in [1.54, 1.807) is 6.92 Å². The summed E-state index contributed by atoms with van der Waals surface area (Å²) in [7, 11) is 0. The van der Waals surface area contributed by atoms with E-state index in [1.165, 1.54) is 0 Å². The molecule has 0 rings (SSSR count). The van der Waals surface area contributed by atoms with Crippen LogP contribution in [0.2, 0.25) is 0 Å². The molecule has 0 spiro atoms. The molecule has 0 radical (unpaired) electrons. The van der Waals surface area contributed by atoms with E-state index < -0.39 is 0 Å². The van der Waals surface area contributed by atoms with Gasteiger partial charge in [-0.2, -0.15) is 34.6 Å². The van der Waals surface area contributed by atoms with Gasteiger partial charge in [0.05, 0.1) is 0 Å². The third-order valence-corrected chi connectivity index (χ3v) is 0. The van der Waals surface area contributed by atoms with Crippen molar-refractivity contribution in [1.82, 2.24) is 0 Å². The van der Waals surface area contributed by atoms with Gasteiger partial charge in [-0.25, -0.2) is 0 Å². The van der Waals surface area contributed by atoms with Crippen molar-refractivity contribution < 1.29 is 116 Å². The molecule has 54 valence electrons. The molecule has 0 unspecified atom stereocenters. The molecular weight excluding hydrogens is 267 g/mol. The van der Waals surface area contributed by atoms with Crippen LogP contribution in [0.3, 0.4) is 0 Å². The molecule has 10 heavy (non-hydrogen) atoms. The average molecular weight is 286 g/mol. The van der Waals surface area contributed by atoms with Gasteiger partial charge in [-0.15, -0.1) is 0 Å². The monoisotopic (exact) mass is 285 g/mol. The standard InChI is InChI=1S/2C3H7.C2H5.2Rb/c2*1-3-2;1-2;;/h2*3H,1-2H3;1H2,2H3;;/q3*-1;2*+1. The maximum absolute atomic E-state index is 3.25. The average Bonchev–Trinajstić information content (AvgIpc) is 1.75. The van der Waals surface area contributed by atoms with Crippen LogP contribution in [-0.4, -0.2) is 0 Å². The summed E-state index contributed by atoms with van der Waals surface area (Å²) >= 11 is 0. The molecule has 0 aromatic rings. The van der Waals surface area contributed by atoms with E-state index in [9.17, 15) is 0 Å². The van der Waals surface area contributed by atoms with Gasteiger partial charge >= 0.3 is 116 Å². The first-order chi connectivity index (χ1) is 3.83.